The molecular formula is C13H16N4O. The number of carbonyl (C=O) groups excluding carboxylic acids is 1. The molecule has 2 rings (SSSR count). The fourth-order valence-electron chi connectivity index (χ4n) is 1.68. The molecule has 0 saturated heterocycles. The third-order valence-corrected chi connectivity index (χ3v) is 2.50. The number of nitrogens with two attached hydrogens (primary N) is 1. The largest absolute Gasteiger partial charge is 0.369 e. The maximum absolute atomic E-state index is 10.6. The zero-order chi connectivity index (χ0) is 12.8. The summed E-state index contributed by atoms with van der Waals surface area (Å²) in [6.45, 7) is 1.53. The summed E-state index contributed by atoms with van der Waals surface area (Å²) < 4.78 is 1.87. The number of primary amides is 1. The molecular weight excluding hydrogens is 228 g/mol. The van der Waals surface area contributed by atoms with Crippen molar-refractivity contribution in [3.63, 3.8) is 0 Å². The van der Waals surface area contributed by atoms with E-state index < -0.39 is 0 Å². The summed E-state index contributed by atoms with van der Waals surface area (Å²) in [4.78, 5) is 10.6. The van der Waals surface area contributed by atoms with Crippen LogP contribution in [0.4, 0.5) is 0 Å². The second-order valence-corrected chi connectivity index (χ2v) is 4.10. The number of nitrogens with zero attached hydrogens (tertiary/aromatic N) is 2. The maximum atomic E-state index is 10.6. The lowest BCUT2D eigenvalue weighted by atomic mass is 10.2. The molecule has 0 atom stereocenters. The predicted molar refractivity (Wildman–Crippen MR) is 68.7 cm³/mol. The van der Waals surface area contributed by atoms with Gasteiger partial charge < -0.3 is 11.1 Å². The van der Waals surface area contributed by atoms with Gasteiger partial charge in [-0.3, -0.25) is 9.48 Å². The average molecular weight is 244 g/mol. The Balaban J connectivity index is 1.88. The van der Waals surface area contributed by atoms with Gasteiger partial charge in [-0.05, 0) is 5.56 Å². The zero-order valence-electron chi connectivity index (χ0n) is 10.0. The molecule has 5 nitrogen and oxygen atoms in total. The predicted octanol–water partition coefficient (Wildman–Crippen LogP) is 0.506. The van der Waals surface area contributed by atoms with Crippen molar-refractivity contribution in [1.82, 2.24) is 15.1 Å². The number of amides is 1. The lowest BCUT2D eigenvalue weighted by molar-refractivity contribution is -0.117. The highest BCUT2D eigenvalue weighted by Gasteiger charge is 2.00. The zero-order valence-corrected chi connectivity index (χ0v) is 10.0. The van der Waals surface area contributed by atoms with Gasteiger partial charge in [0.05, 0.1) is 19.3 Å². The molecule has 2 aromatic rings. The van der Waals surface area contributed by atoms with Crippen molar-refractivity contribution in [3.05, 3.63) is 53.9 Å². The molecule has 0 unspecified atom stereocenters. The second kappa shape index (κ2) is 5.97. The number of aromatic nitrogens is 2. The van der Waals surface area contributed by atoms with Crippen LogP contribution in [0.3, 0.4) is 0 Å². The van der Waals surface area contributed by atoms with Crippen LogP contribution in [0, 0.1) is 0 Å². The van der Waals surface area contributed by atoms with E-state index in [1.807, 2.05) is 29.1 Å². The molecule has 5 heteroatoms. The lowest BCUT2D eigenvalue weighted by Crippen LogP contribution is -2.27. The van der Waals surface area contributed by atoms with Crippen molar-refractivity contribution in [3.8, 4) is 0 Å². The van der Waals surface area contributed by atoms with Crippen molar-refractivity contribution in [2.75, 3.05) is 6.54 Å². The van der Waals surface area contributed by atoms with Crippen LogP contribution in [0.5, 0.6) is 0 Å². The lowest BCUT2D eigenvalue weighted by Gasteiger charge is -2.01. The van der Waals surface area contributed by atoms with Crippen LogP contribution >= 0.6 is 0 Å². The fraction of sp³-hybridized carbons (Fsp3) is 0.231. The summed E-state index contributed by atoms with van der Waals surface area (Å²) >= 11 is 0. The second-order valence-electron chi connectivity index (χ2n) is 4.10. The molecule has 94 valence electrons. The van der Waals surface area contributed by atoms with E-state index in [0.29, 0.717) is 6.54 Å². The maximum Gasteiger partial charge on any atom is 0.231 e. The number of hydrogen-bond donors (Lipinski definition) is 2. The first-order valence-electron chi connectivity index (χ1n) is 5.78. The molecule has 0 aliphatic rings. The highest BCUT2D eigenvalue weighted by molar-refractivity contribution is 5.75. The van der Waals surface area contributed by atoms with Gasteiger partial charge in [0.25, 0.3) is 0 Å². The Labute approximate surface area is 106 Å². The normalized spacial score (nSPS) is 10.4. The van der Waals surface area contributed by atoms with Crippen molar-refractivity contribution in [2.24, 2.45) is 5.73 Å². The molecule has 1 amide bonds. The average Bonchev–Trinajstić information content (AvgIpc) is 2.78. The molecule has 0 aliphatic carbocycles. The van der Waals surface area contributed by atoms with Crippen molar-refractivity contribution >= 4 is 5.91 Å². The first-order valence-corrected chi connectivity index (χ1v) is 5.78. The van der Waals surface area contributed by atoms with Crippen LogP contribution in [0.1, 0.15) is 11.1 Å². The Hall–Kier alpha value is -2.14. The quantitative estimate of drug-likeness (QED) is 0.777. The minimum Gasteiger partial charge on any atom is -0.369 e. The van der Waals surface area contributed by atoms with Gasteiger partial charge >= 0.3 is 0 Å². The molecule has 1 aromatic carbocycles. The molecule has 0 aliphatic heterocycles. The van der Waals surface area contributed by atoms with E-state index in [9.17, 15) is 4.79 Å². The molecule has 1 heterocycles. The number of nitrogens with one attached hydrogen (secondary N) is 1. The minimum absolute atomic E-state index is 0.184. The van der Waals surface area contributed by atoms with E-state index in [1.165, 1.54) is 5.56 Å². The Kier molecular flexibility index (Phi) is 4.09. The van der Waals surface area contributed by atoms with Gasteiger partial charge in [0, 0.05) is 18.3 Å². The molecule has 0 spiro atoms. The third kappa shape index (κ3) is 3.71. The van der Waals surface area contributed by atoms with E-state index in [-0.39, 0.29) is 12.5 Å². The standard InChI is InChI=1S/C13H16N4O/c14-13(18)8-15-6-12-7-16-17(10-12)9-11-4-2-1-3-5-11/h1-5,7,10,15H,6,8-9H2,(H2,14,18). The summed E-state index contributed by atoms with van der Waals surface area (Å²) in [6, 6.07) is 10.1. The van der Waals surface area contributed by atoms with E-state index in [1.54, 1.807) is 6.20 Å². The summed E-state index contributed by atoms with van der Waals surface area (Å²) in [5.74, 6) is -0.355. The van der Waals surface area contributed by atoms with Crippen molar-refractivity contribution in [2.45, 2.75) is 13.1 Å². The van der Waals surface area contributed by atoms with Crippen LogP contribution in [-0.2, 0) is 17.9 Å². The topological polar surface area (TPSA) is 72.9 Å². The van der Waals surface area contributed by atoms with E-state index in [0.717, 1.165) is 12.1 Å². The molecule has 0 radical (unpaired) electrons. The van der Waals surface area contributed by atoms with Gasteiger partial charge in [-0.1, -0.05) is 30.3 Å². The van der Waals surface area contributed by atoms with E-state index >= 15 is 0 Å². The van der Waals surface area contributed by atoms with Crippen molar-refractivity contribution < 1.29 is 4.79 Å². The van der Waals surface area contributed by atoms with Gasteiger partial charge in [0.1, 0.15) is 0 Å². The van der Waals surface area contributed by atoms with Gasteiger partial charge in [0.2, 0.25) is 5.91 Å². The first kappa shape index (κ1) is 12.3. The fourth-order valence-corrected chi connectivity index (χ4v) is 1.68. The van der Waals surface area contributed by atoms with Crippen LogP contribution in [-0.4, -0.2) is 22.2 Å². The molecule has 0 fully saturated rings. The summed E-state index contributed by atoms with van der Waals surface area (Å²) in [7, 11) is 0. The summed E-state index contributed by atoms with van der Waals surface area (Å²) in [6.07, 6.45) is 3.75. The van der Waals surface area contributed by atoms with Gasteiger partial charge in [-0.25, -0.2) is 0 Å². The highest BCUT2D eigenvalue weighted by atomic mass is 16.1. The Morgan fingerprint density at radius 1 is 1.28 bits per heavy atom. The SMILES string of the molecule is NC(=O)CNCc1cnn(Cc2ccccc2)c1. The molecule has 0 bridgehead atoms. The van der Waals surface area contributed by atoms with E-state index in [4.69, 9.17) is 5.73 Å². The Morgan fingerprint density at radius 2 is 2.06 bits per heavy atom. The van der Waals surface area contributed by atoms with Crippen LogP contribution in [0.2, 0.25) is 0 Å². The number of carbonyl (C=O) groups is 1. The number of hydrogen-bond acceptors (Lipinski definition) is 3. The van der Waals surface area contributed by atoms with Gasteiger partial charge in [0.15, 0.2) is 0 Å². The Bertz CT molecular complexity index is 507. The van der Waals surface area contributed by atoms with Gasteiger partial charge in [-0.2, -0.15) is 5.10 Å². The van der Waals surface area contributed by atoms with Crippen molar-refractivity contribution in [1.29, 1.82) is 0 Å². The van der Waals surface area contributed by atoms with E-state index in [2.05, 4.69) is 22.5 Å². The molecule has 18 heavy (non-hydrogen) atoms. The van der Waals surface area contributed by atoms with Crippen LogP contribution in [0.25, 0.3) is 0 Å². The van der Waals surface area contributed by atoms with Crippen LogP contribution < -0.4 is 11.1 Å². The highest BCUT2D eigenvalue weighted by Crippen LogP contribution is 2.03. The Morgan fingerprint density at radius 3 is 2.78 bits per heavy atom. The minimum atomic E-state index is -0.355. The molecule has 3 N–H and O–H groups in total. The van der Waals surface area contributed by atoms with Gasteiger partial charge in [-0.15, -0.1) is 0 Å². The first-order chi connectivity index (χ1) is 8.74. The number of benzene rings is 1. The molecule has 1 aromatic heterocycles. The number of rotatable bonds is 6. The smallest absolute Gasteiger partial charge is 0.231 e. The van der Waals surface area contributed by atoms with Crippen LogP contribution in [0.15, 0.2) is 42.7 Å². The third-order valence-electron chi connectivity index (χ3n) is 2.50. The summed E-state index contributed by atoms with van der Waals surface area (Å²) in [5, 5.41) is 7.22. The molecule has 0 saturated carbocycles. The monoisotopic (exact) mass is 244 g/mol. The summed E-state index contributed by atoms with van der Waals surface area (Å²) in [5.41, 5.74) is 7.28.